The van der Waals surface area contributed by atoms with E-state index in [0.717, 1.165) is 25.7 Å². The number of hydrogen-bond acceptors (Lipinski definition) is 4. The van der Waals surface area contributed by atoms with Gasteiger partial charge in [0.25, 0.3) is 8.32 Å². The van der Waals surface area contributed by atoms with Gasteiger partial charge in [-0.05, 0) is 35.5 Å². The average molecular weight is 468 g/mol. The number of carbonyl (C=O) groups excluding carboxylic acids is 1. The number of rotatable bonds is 10. The number of anilines is 1. The Morgan fingerprint density at radius 2 is 1.68 bits per heavy atom. The van der Waals surface area contributed by atoms with Crippen LogP contribution in [0.15, 0.2) is 12.1 Å². The molecule has 5 nitrogen and oxygen atoms in total. The second-order valence-electron chi connectivity index (χ2n) is 9.94. The zero-order chi connectivity index (χ0) is 22.8. The first-order valence-corrected chi connectivity index (χ1v) is 14.2. The van der Waals surface area contributed by atoms with Crippen LogP contribution >= 0.6 is 11.6 Å². The number of nitrogens with one attached hydrogen (secondary N) is 1. The van der Waals surface area contributed by atoms with E-state index in [9.17, 15) is 4.79 Å². The van der Waals surface area contributed by atoms with E-state index < -0.39 is 8.32 Å². The number of ether oxygens (including phenoxy) is 2. The fourth-order valence-electron chi connectivity index (χ4n) is 5.14. The number of carbonyl (C=O) groups is 1. The van der Waals surface area contributed by atoms with Gasteiger partial charge in [-0.3, -0.25) is 4.79 Å². The maximum absolute atomic E-state index is 12.8. The number of epoxide rings is 1. The Morgan fingerprint density at radius 3 is 2.19 bits per heavy atom. The lowest BCUT2D eigenvalue weighted by molar-refractivity contribution is -0.119. The molecule has 1 N–H and O–H groups in total. The highest BCUT2D eigenvalue weighted by atomic mass is 35.5. The molecule has 174 valence electrons. The molecule has 7 heteroatoms. The van der Waals surface area contributed by atoms with Gasteiger partial charge in [-0.1, -0.05) is 66.0 Å². The van der Waals surface area contributed by atoms with Crippen LogP contribution in [-0.2, 0) is 9.53 Å². The molecule has 1 amide bonds. The van der Waals surface area contributed by atoms with Crippen molar-refractivity contribution in [2.24, 2.45) is 5.92 Å². The summed E-state index contributed by atoms with van der Waals surface area (Å²) >= 11 is 6.71. The van der Waals surface area contributed by atoms with Crippen LogP contribution in [0.4, 0.5) is 5.69 Å². The number of halogens is 1. The second kappa shape index (κ2) is 10.1. The van der Waals surface area contributed by atoms with Crippen molar-refractivity contribution in [2.45, 2.75) is 90.0 Å². The highest BCUT2D eigenvalue weighted by Crippen LogP contribution is 2.46. The molecule has 0 spiro atoms. The second-order valence-corrected chi connectivity index (χ2v) is 15.7. The van der Waals surface area contributed by atoms with Crippen molar-refractivity contribution in [3.63, 3.8) is 0 Å². The third-order valence-electron chi connectivity index (χ3n) is 6.84. The average Bonchev–Trinajstić information content (AvgIpc) is 3.35. The smallest absolute Gasteiger partial charge is 0.258 e. The standard InChI is InChI=1S/C24H38ClNO4Si/c1-15(2)31(16(3)4,17(5)6)30-22-12-23(29-14-19-13-28-19)21(11-20(22)25)26-24(27)18-9-7-8-10-18/h11-12,15-19H,7-10,13-14H2,1-6H3,(H,26,27). The Hall–Kier alpha value is -1.24. The predicted octanol–water partition coefficient (Wildman–Crippen LogP) is 6.80. The third-order valence-corrected chi connectivity index (χ3v) is 13.1. The van der Waals surface area contributed by atoms with E-state index in [2.05, 4.69) is 46.9 Å². The molecule has 0 radical (unpaired) electrons. The Kier molecular flexibility index (Phi) is 7.98. The summed E-state index contributed by atoms with van der Waals surface area (Å²) in [5.74, 6) is 1.36. The van der Waals surface area contributed by atoms with Crippen LogP contribution in [0.1, 0.15) is 67.2 Å². The van der Waals surface area contributed by atoms with Gasteiger partial charge in [0.2, 0.25) is 5.91 Å². The molecule has 3 rings (SSSR count). The molecular formula is C24H38ClNO4Si. The number of amides is 1. The molecule has 1 heterocycles. The van der Waals surface area contributed by atoms with Crippen LogP contribution in [0.5, 0.6) is 11.5 Å². The Balaban J connectivity index is 1.91. The quantitative estimate of drug-likeness (QED) is 0.303. The number of hydrogen-bond donors (Lipinski definition) is 1. The summed E-state index contributed by atoms with van der Waals surface area (Å²) in [6.45, 7) is 14.7. The maximum Gasteiger partial charge on any atom is 0.258 e. The van der Waals surface area contributed by atoms with Gasteiger partial charge >= 0.3 is 0 Å². The molecule has 1 aliphatic carbocycles. The van der Waals surface area contributed by atoms with Crippen LogP contribution in [0, 0.1) is 5.92 Å². The SMILES string of the molecule is CC(C)[Si](Oc1cc(OCC2CO2)c(NC(=O)C2CCCC2)cc1Cl)(C(C)C)C(C)C. The molecular weight excluding hydrogens is 430 g/mol. The predicted molar refractivity (Wildman–Crippen MR) is 129 cm³/mol. The van der Waals surface area contributed by atoms with E-state index in [1.165, 1.54) is 0 Å². The molecule has 1 saturated carbocycles. The van der Waals surface area contributed by atoms with Gasteiger partial charge in [0.05, 0.1) is 17.3 Å². The van der Waals surface area contributed by atoms with E-state index in [0.29, 0.717) is 52.0 Å². The lowest BCUT2D eigenvalue weighted by atomic mass is 10.1. The molecule has 0 bridgehead atoms. The third kappa shape index (κ3) is 5.58. The summed E-state index contributed by atoms with van der Waals surface area (Å²) in [7, 11) is -2.18. The van der Waals surface area contributed by atoms with Crippen molar-refractivity contribution in [2.75, 3.05) is 18.5 Å². The van der Waals surface area contributed by atoms with Crippen molar-refractivity contribution in [1.82, 2.24) is 0 Å². The van der Waals surface area contributed by atoms with Crippen LogP contribution in [0.2, 0.25) is 21.6 Å². The fraction of sp³-hybridized carbons (Fsp3) is 0.708. The van der Waals surface area contributed by atoms with Crippen molar-refractivity contribution >= 4 is 31.5 Å². The first kappa shape index (κ1) is 24.4. The Morgan fingerprint density at radius 1 is 1.10 bits per heavy atom. The largest absolute Gasteiger partial charge is 0.542 e. The fourth-order valence-corrected chi connectivity index (χ4v) is 10.7. The first-order chi connectivity index (χ1) is 14.6. The molecule has 2 fully saturated rings. The minimum atomic E-state index is -2.18. The van der Waals surface area contributed by atoms with E-state index in [-0.39, 0.29) is 17.9 Å². The normalized spacial score (nSPS) is 19.4. The molecule has 1 aromatic rings. The van der Waals surface area contributed by atoms with E-state index in [1.54, 1.807) is 6.07 Å². The topological polar surface area (TPSA) is 60.1 Å². The highest BCUT2D eigenvalue weighted by molar-refractivity contribution is 6.78. The van der Waals surface area contributed by atoms with Crippen LogP contribution < -0.4 is 14.5 Å². The van der Waals surface area contributed by atoms with Gasteiger partial charge in [-0.25, -0.2) is 0 Å². The van der Waals surface area contributed by atoms with Crippen molar-refractivity contribution in [3.05, 3.63) is 17.2 Å². The number of benzene rings is 1. The molecule has 1 saturated heterocycles. The van der Waals surface area contributed by atoms with Gasteiger partial charge in [0, 0.05) is 12.0 Å². The van der Waals surface area contributed by atoms with Gasteiger partial charge in [0.15, 0.2) is 0 Å². The van der Waals surface area contributed by atoms with Gasteiger partial charge in [0.1, 0.15) is 24.2 Å². The zero-order valence-electron chi connectivity index (χ0n) is 19.8. The highest BCUT2D eigenvalue weighted by Gasteiger charge is 2.47. The van der Waals surface area contributed by atoms with E-state index in [1.807, 2.05) is 6.07 Å². The first-order valence-electron chi connectivity index (χ1n) is 11.7. The summed E-state index contributed by atoms with van der Waals surface area (Å²) in [5, 5.41) is 3.57. The summed E-state index contributed by atoms with van der Waals surface area (Å²) < 4.78 is 18.2. The minimum absolute atomic E-state index is 0.0463. The van der Waals surface area contributed by atoms with Crippen LogP contribution in [-0.4, -0.2) is 33.5 Å². The summed E-state index contributed by atoms with van der Waals surface area (Å²) in [5.41, 5.74) is 1.89. The molecule has 1 unspecified atom stereocenters. The molecule has 2 aliphatic rings. The minimum Gasteiger partial charge on any atom is -0.542 e. The monoisotopic (exact) mass is 467 g/mol. The van der Waals surface area contributed by atoms with Crippen LogP contribution in [0.25, 0.3) is 0 Å². The Labute approximate surface area is 193 Å². The van der Waals surface area contributed by atoms with E-state index >= 15 is 0 Å². The lowest BCUT2D eigenvalue weighted by Crippen LogP contribution is -2.50. The molecule has 0 aromatic heterocycles. The lowest BCUT2D eigenvalue weighted by Gasteiger charge is -2.42. The summed E-state index contributed by atoms with van der Waals surface area (Å²) in [6, 6.07) is 3.65. The van der Waals surface area contributed by atoms with Crippen molar-refractivity contribution in [1.29, 1.82) is 0 Å². The van der Waals surface area contributed by atoms with Gasteiger partial charge in [-0.2, -0.15) is 0 Å². The molecule has 1 aromatic carbocycles. The maximum atomic E-state index is 12.8. The molecule has 1 atom stereocenters. The van der Waals surface area contributed by atoms with Gasteiger partial charge < -0.3 is 19.2 Å². The summed E-state index contributed by atoms with van der Waals surface area (Å²) in [4.78, 5) is 12.8. The molecule has 31 heavy (non-hydrogen) atoms. The van der Waals surface area contributed by atoms with Crippen molar-refractivity contribution < 1.29 is 18.7 Å². The van der Waals surface area contributed by atoms with Gasteiger partial charge in [-0.15, -0.1) is 0 Å². The Bertz CT molecular complexity index is 751. The summed E-state index contributed by atoms with van der Waals surface area (Å²) in [6.07, 6.45) is 4.23. The van der Waals surface area contributed by atoms with E-state index in [4.69, 9.17) is 25.5 Å². The van der Waals surface area contributed by atoms with Crippen LogP contribution in [0.3, 0.4) is 0 Å². The zero-order valence-corrected chi connectivity index (χ0v) is 21.6. The van der Waals surface area contributed by atoms with Crippen molar-refractivity contribution in [3.8, 4) is 11.5 Å². The molecule has 1 aliphatic heterocycles.